The molecule has 0 aliphatic rings. The third kappa shape index (κ3) is 3.97. The summed E-state index contributed by atoms with van der Waals surface area (Å²) in [4.78, 5) is 19.3. The highest BCUT2D eigenvalue weighted by atomic mass is 35.5. The Labute approximate surface area is 200 Å². The van der Waals surface area contributed by atoms with Gasteiger partial charge in [-0.25, -0.2) is 4.98 Å². The standard InChI is InChI=1S/C27H19ClN2O2S/c1-32-20-13-9-16(10-14-20)21-15-22(17-5-3-2-4-6-17)30-27-23(21)24(29)26(33-27)25(31)18-7-11-19(28)12-8-18/h2-15H,29H2,1H3. The van der Waals surface area contributed by atoms with Crippen molar-refractivity contribution in [3.63, 3.8) is 0 Å². The Balaban J connectivity index is 1.73. The second-order valence-electron chi connectivity index (χ2n) is 7.51. The minimum absolute atomic E-state index is 0.144. The first-order chi connectivity index (χ1) is 16.0. The molecule has 2 heterocycles. The molecule has 0 atom stereocenters. The van der Waals surface area contributed by atoms with Gasteiger partial charge in [0.05, 0.1) is 18.5 Å². The molecule has 0 radical (unpaired) electrons. The van der Waals surface area contributed by atoms with E-state index < -0.39 is 0 Å². The van der Waals surface area contributed by atoms with Crippen molar-refractivity contribution in [3.05, 3.63) is 100 Å². The van der Waals surface area contributed by atoms with E-state index in [0.29, 0.717) is 21.2 Å². The molecule has 0 saturated carbocycles. The van der Waals surface area contributed by atoms with Gasteiger partial charge in [0, 0.05) is 21.5 Å². The van der Waals surface area contributed by atoms with Crippen molar-refractivity contribution in [2.45, 2.75) is 0 Å². The number of ether oxygens (including phenoxy) is 1. The van der Waals surface area contributed by atoms with Crippen LogP contribution in [0.25, 0.3) is 32.6 Å². The molecule has 5 rings (SSSR count). The van der Waals surface area contributed by atoms with Crippen LogP contribution in [0.2, 0.25) is 5.02 Å². The SMILES string of the molecule is COc1ccc(-c2cc(-c3ccccc3)nc3sc(C(=O)c4ccc(Cl)cc4)c(N)c23)cc1. The maximum Gasteiger partial charge on any atom is 0.205 e. The summed E-state index contributed by atoms with van der Waals surface area (Å²) in [5.41, 5.74) is 11.3. The number of pyridine rings is 1. The monoisotopic (exact) mass is 470 g/mol. The number of ketones is 1. The maximum absolute atomic E-state index is 13.3. The number of nitrogens with zero attached hydrogens (tertiary/aromatic N) is 1. The van der Waals surface area contributed by atoms with Crippen LogP contribution in [0.5, 0.6) is 5.75 Å². The van der Waals surface area contributed by atoms with Gasteiger partial charge in [-0.15, -0.1) is 11.3 Å². The number of hydrogen-bond acceptors (Lipinski definition) is 5. The minimum atomic E-state index is -0.144. The molecule has 0 spiro atoms. The smallest absolute Gasteiger partial charge is 0.205 e. The Kier molecular flexibility index (Phi) is 5.58. The zero-order valence-electron chi connectivity index (χ0n) is 17.7. The lowest BCUT2D eigenvalue weighted by molar-refractivity contribution is 0.104. The van der Waals surface area contributed by atoms with E-state index in [4.69, 9.17) is 27.1 Å². The van der Waals surface area contributed by atoms with Gasteiger partial charge < -0.3 is 10.5 Å². The number of fused-ring (bicyclic) bond motifs is 1. The molecule has 0 aliphatic carbocycles. The van der Waals surface area contributed by atoms with E-state index in [1.54, 1.807) is 31.4 Å². The van der Waals surface area contributed by atoms with E-state index in [2.05, 4.69) is 0 Å². The number of nitrogen functional groups attached to an aromatic ring is 1. The first-order valence-electron chi connectivity index (χ1n) is 10.3. The molecule has 4 nitrogen and oxygen atoms in total. The van der Waals surface area contributed by atoms with Crippen molar-refractivity contribution in [1.82, 2.24) is 4.98 Å². The van der Waals surface area contributed by atoms with Crippen LogP contribution in [0.15, 0.2) is 84.9 Å². The molecule has 0 aliphatic heterocycles. The molecule has 0 fully saturated rings. The summed E-state index contributed by atoms with van der Waals surface area (Å²) in [5.74, 6) is 0.623. The van der Waals surface area contributed by atoms with Gasteiger partial charge in [0.1, 0.15) is 15.5 Å². The fraction of sp³-hybridized carbons (Fsp3) is 0.0370. The molecule has 0 unspecified atom stereocenters. The number of benzene rings is 3. The third-order valence-corrected chi connectivity index (χ3v) is 6.83. The topological polar surface area (TPSA) is 65.2 Å². The average Bonchev–Trinajstić information content (AvgIpc) is 3.20. The molecule has 0 amide bonds. The van der Waals surface area contributed by atoms with Gasteiger partial charge in [-0.3, -0.25) is 4.79 Å². The van der Waals surface area contributed by atoms with Crippen LogP contribution in [-0.4, -0.2) is 17.9 Å². The van der Waals surface area contributed by atoms with Crippen molar-refractivity contribution in [1.29, 1.82) is 0 Å². The predicted molar refractivity (Wildman–Crippen MR) is 136 cm³/mol. The number of hydrogen-bond donors (Lipinski definition) is 1. The number of thiophene rings is 1. The van der Waals surface area contributed by atoms with E-state index in [0.717, 1.165) is 38.4 Å². The molecule has 162 valence electrons. The highest BCUT2D eigenvalue weighted by Gasteiger charge is 2.22. The summed E-state index contributed by atoms with van der Waals surface area (Å²) in [6.07, 6.45) is 0. The Morgan fingerprint density at radius 3 is 2.30 bits per heavy atom. The Bertz CT molecular complexity index is 1460. The molecule has 2 aromatic heterocycles. The number of nitrogens with two attached hydrogens (primary N) is 1. The van der Waals surface area contributed by atoms with Crippen LogP contribution in [0.1, 0.15) is 15.2 Å². The molecule has 2 N–H and O–H groups in total. The van der Waals surface area contributed by atoms with Gasteiger partial charge in [-0.05, 0) is 53.6 Å². The van der Waals surface area contributed by atoms with Gasteiger partial charge >= 0.3 is 0 Å². The van der Waals surface area contributed by atoms with Crippen molar-refractivity contribution >= 4 is 44.6 Å². The highest BCUT2D eigenvalue weighted by molar-refractivity contribution is 7.21. The van der Waals surface area contributed by atoms with Crippen molar-refractivity contribution in [2.75, 3.05) is 12.8 Å². The van der Waals surface area contributed by atoms with Crippen LogP contribution in [0, 0.1) is 0 Å². The molecule has 6 heteroatoms. The number of halogens is 1. The summed E-state index contributed by atoms with van der Waals surface area (Å²) in [7, 11) is 1.64. The molecule has 0 bridgehead atoms. The summed E-state index contributed by atoms with van der Waals surface area (Å²) in [6, 6.07) is 26.6. The third-order valence-electron chi connectivity index (χ3n) is 5.48. The highest BCUT2D eigenvalue weighted by Crippen LogP contribution is 2.42. The molecule has 3 aromatic carbocycles. The number of carbonyl (C=O) groups excluding carboxylic acids is 1. The molecular formula is C27H19ClN2O2S. The zero-order valence-corrected chi connectivity index (χ0v) is 19.3. The van der Waals surface area contributed by atoms with E-state index in [1.165, 1.54) is 11.3 Å². The summed E-state index contributed by atoms with van der Waals surface area (Å²) < 4.78 is 5.31. The Morgan fingerprint density at radius 1 is 0.939 bits per heavy atom. The van der Waals surface area contributed by atoms with Crippen molar-refractivity contribution in [2.24, 2.45) is 0 Å². The largest absolute Gasteiger partial charge is 0.497 e. The number of carbonyl (C=O) groups is 1. The number of methoxy groups -OCH3 is 1. The lowest BCUT2D eigenvalue weighted by atomic mass is 9.98. The second-order valence-corrected chi connectivity index (χ2v) is 8.95. The minimum Gasteiger partial charge on any atom is -0.497 e. The van der Waals surface area contributed by atoms with Gasteiger partial charge in [0.15, 0.2) is 0 Å². The Hall–Kier alpha value is -3.67. The summed E-state index contributed by atoms with van der Waals surface area (Å²) in [5, 5.41) is 1.36. The Morgan fingerprint density at radius 2 is 1.64 bits per heavy atom. The zero-order chi connectivity index (χ0) is 22.9. The van der Waals surface area contributed by atoms with Crippen LogP contribution in [-0.2, 0) is 0 Å². The van der Waals surface area contributed by atoms with Gasteiger partial charge in [0.25, 0.3) is 0 Å². The van der Waals surface area contributed by atoms with Gasteiger partial charge in [0.2, 0.25) is 5.78 Å². The number of rotatable bonds is 5. The fourth-order valence-corrected chi connectivity index (χ4v) is 4.98. The lowest BCUT2D eigenvalue weighted by Crippen LogP contribution is -2.02. The summed E-state index contributed by atoms with van der Waals surface area (Å²) >= 11 is 7.30. The lowest BCUT2D eigenvalue weighted by Gasteiger charge is -2.10. The van der Waals surface area contributed by atoms with Crippen LogP contribution in [0.3, 0.4) is 0 Å². The number of anilines is 1. The maximum atomic E-state index is 13.3. The van der Waals surface area contributed by atoms with Crippen LogP contribution in [0.4, 0.5) is 5.69 Å². The molecule has 5 aromatic rings. The van der Waals surface area contributed by atoms with Crippen LogP contribution < -0.4 is 10.5 Å². The van der Waals surface area contributed by atoms with Crippen LogP contribution >= 0.6 is 22.9 Å². The quantitative estimate of drug-likeness (QED) is 0.278. The first-order valence-corrected chi connectivity index (χ1v) is 11.5. The average molecular weight is 471 g/mol. The van der Waals surface area contributed by atoms with E-state index in [-0.39, 0.29) is 5.78 Å². The second kappa shape index (κ2) is 8.70. The molecule has 33 heavy (non-hydrogen) atoms. The summed E-state index contributed by atoms with van der Waals surface area (Å²) in [6.45, 7) is 0. The van der Waals surface area contributed by atoms with Crippen molar-refractivity contribution < 1.29 is 9.53 Å². The number of aromatic nitrogens is 1. The van der Waals surface area contributed by atoms with E-state index in [9.17, 15) is 4.79 Å². The fourth-order valence-electron chi connectivity index (χ4n) is 3.78. The van der Waals surface area contributed by atoms with Crippen molar-refractivity contribution in [3.8, 4) is 28.1 Å². The predicted octanol–water partition coefficient (Wildman–Crippen LogP) is 7.11. The van der Waals surface area contributed by atoms with E-state index in [1.807, 2.05) is 60.7 Å². The van der Waals surface area contributed by atoms with E-state index >= 15 is 0 Å². The van der Waals surface area contributed by atoms with Gasteiger partial charge in [-0.1, -0.05) is 54.1 Å². The first kappa shape index (κ1) is 21.2. The van der Waals surface area contributed by atoms with Gasteiger partial charge in [-0.2, -0.15) is 0 Å². The molecular weight excluding hydrogens is 452 g/mol. The molecule has 0 saturated heterocycles. The normalized spacial score (nSPS) is 11.0.